The number of anilines is 1. The minimum Gasteiger partial charge on any atom is -0.352 e. The molecule has 5 aromatic rings. The molecule has 1 amide bonds. The number of para-hydroxylation sites is 1. The second kappa shape index (κ2) is 11.5. The summed E-state index contributed by atoms with van der Waals surface area (Å²) in [4.78, 5) is 20.1. The SMILES string of the molecule is Cc1cc([C@@H]2[C@H](c3ccccn3)NC(=S)N2CCC(=O)Nc2cccc3ccccc23)c(C)n1-c1ccccc1Br. The third-order valence-electron chi connectivity index (χ3n) is 7.72. The first-order chi connectivity index (χ1) is 19.9. The van der Waals surface area contributed by atoms with Gasteiger partial charge in [0.15, 0.2) is 5.11 Å². The maximum atomic E-state index is 13.2. The molecule has 0 bridgehead atoms. The standard InChI is InChI=1S/C33H30BrN5OS/c1-21-20-25(22(2)39(21)29-16-6-5-13-26(29)34)32-31(28-14-7-8-18-35-28)37-33(41)38(32)19-17-30(40)36-27-15-9-11-23-10-3-4-12-24(23)27/h3-16,18,20,31-32H,17,19H2,1-2H3,(H,36,40)(H,37,41)/t31-,32+/m0/s1. The predicted molar refractivity (Wildman–Crippen MR) is 172 cm³/mol. The smallest absolute Gasteiger partial charge is 0.226 e. The van der Waals surface area contributed by atoms with Crippen molar-refractivity contribution in [2.24, 2.45) is 0 Å². The van der Waals surface area contributed by atoms with E-state index in [-0.39, 0.29) is 18.0 Å². The summed E-state index contributed by atoms with van der Waals surface area (Å²) >= 11 is 9.61. The highest BCUT2D eigenvalue weighted by molar-refractivity contribution is 9.10. The number of pyridine rings is 1. The molecule has 6 rings (SSSR count). The van der Waals surface area contributed by atoms with Crippen LogP contribution in [0.25, 0.3) is 16.5 Å². The molecule has 2 aromatic heterocycles. The highest BCUT2D eigenvalue weighted by atomic mass is 79.9. The van der Waals surface area contributed by atoms with Crippen molar-refractivity contribution in [1.82, 2.24) is 19.8 Å². The Morgan fingerprint density at radius 1 is 1.00 bits per heavy atom. The maximum absolute atomic E-state index is 13.2. The molecule has 2 N–H and O–H groups in total. The Morgan fingerprint density at radius 3 is 2.56 bits per heavy atom. The van der Waals surface area contributed by atoms with E-state index in [0.717, 1.165) is 49.3 Å². The van der Waals surface area contributed by atoms with Gasteiger partial charge in [0, 0.05) is 46.1 Å². The zero-order chi connectivity index (χ0) is 28.5. The third kappa shape index (κ3) is 5.25. The number of aromatic nitrogens is 2. The number of halogens is 1. The van der Waals surface area contributed by atoms with Gasteiger partial charge in [0.2, 0.25) is 5.91 Å². The number of hydrogen-bond donors (Lipinski definition) is 2. The molecule has 1 aliphatic heterocycles. The van der Waals surface area contributed by atoms with Gasteiger partial charge in [0.05, 0.1) is 23.5 Å². The van der Waals surface area contributed by atoms with Crippen LogP contribution in [0.1, 0.15) is 41.1 Å². The number of nitrogens with zero attached hydrogens (tertiary/aromatic N) is 3. The maximum Gasteiger partial charge on any atom is 0.226 e. The zero-order valence-corrected chi connectivity index (χ0v) is 25.2. The quantitative estimate of drug-likeness (QED) is 0.185. The minimum absolute atomic E-state index is 0.0529. The highest BCUT2D eigenvalue weighted by Gasteiger charge is 2.41. The third-order valence-corrected chi connectivity index (χ3v) is 8.75. The Labute approximate surface area is 253 Å². The van der Waals surface area contributed by atoms with Crippen LogP contribution in [-0.2, 0) is 4.79 Å². The fraction of sp³-hybridized carbons (Fsp3) is 0.182. The summed E-state index contributed by atoms with van der Waals surface area (Å²) in [7, 11) is 0. The summed E-state index contributed by atoms with van der Waals surface area (Å²) in [5.41, 5.74) is 6.20. The topological polar surface area (TPSA) is 62.2 Å². The van der Waals surface area contributed by atoms with Crippen LogP contribution in [0.15, 0.2) is 102 Å². The van der Waals surface area contributed by atoms with Gasteiger partial charge in [-0.05, 0) is 89.3 Å². The number of amides is 1. The van der Waals surface area contributed by atoms with Gasteiger partial charge in [-0.1, -0.05) is 54.6 Å². The molecule has 3 heterocycles. The first kappa shape index (κ1) is 27.2. The molecule has 0 unspecified atom stereocenters. The number of nitrogens with one attached hydrogen (secondary N) is 2. The van der Waals surface area contributed by atoms with Crippen LogP contribution in [0.3, 0.4) is 0 Å². The van der Waals surface area contributed by atoms with Crippen molar-refractivity contribution in [3.05, 3.63) is 124 Å². The van der Waals surface area contributed by atoms with Crippen molar-refractivity contribution < 1.29 is 4.79 Å². The number of carbonyl (C=O) groups is 1. The molecule has 1 aliphatic rings. The highest BCUT2D eigenvalue weighted by Crippen LogP contribution is 2.42. The van der Waals surface area contributed by atoms with Gasteiger partial charge in [-0.15, -0.1) is 0 Å². The van der Waals surface area contributed by atoms with E-state index in [1.165, 1.54) is 0 Å². The molecule has 0 aliphatic carbocycles. The van der Waals surface area contributed by atoms with Crippen LogP contribution in [0.5, 0.6) is 0 Å². The lowest BCUT2D eigenvalue weighted by Crippen LogP contribution is -2.33. The molecule has 6 nitrogen and oxygen atoms in total. The number of rotatable bonds is 7. The largest absolute Gasteiger partial charge is 0.352 e. The number of carbonyl (C=O) groups excluding carboxylic acids is 1. The second-order valence-electron chi connectivity index (χ2n) is 10.3. The van der Waals surface area contributed by atoms with Crippen molar-refractivity contribution in [1.29, 1.82) is 0 Å². The average molecular weight is 625 g/mol. The summed E-state index contributed by atoms with van der Waals surface area (Å²) in [6.45, 7) is 4.73. The van der Waals surface area contributed by atoms with E-state index >= 15 is 0 Å². The molecule has 8 heteroatoms. The van der Waals surface area contributed by atoms with E-state index < -0.39 is 0 Å². The molecule has 1 fully saturated rings. The van der Waals surface area contributed by atoms with E-state index in [2.05, 4.69) is 73.1 Å². The fourth-order valence-corrected chi connectivity index (χ4v) is 6.64. The molecule has 1 saturated heterocycles. The van der Waals surface area contributed by atoms with Crippen LogP contribution in [0.4, 0.5) is 5.69 Å². The molecular weight excluding hydrogens is 594 g/mol. The number of thiocarbonyl (C=S) groups is 1. The summed E-state index contributed by atoms with van der Waals surface area (Å²) in [6.07, 6.45) is 2.10. The van der Waals surface area contributed by atoms with Gasteiger partial charge in [0.25, 0.3) is 0 Å². The van der Waals surface area contributed by atoms with Gasteiger partial charge in [-0.25, -0.2) is 0 Å². The molecule has 0 spiro atoms. The van der Waals surface area contributed by atoms with E-state index in [1.54, 1.807) is 0 Å². The molecule has 2 atom stereocenters. The van der Waals surface area contributed by atoms with Gasteiger partial charge < -0.3 is 20.1 Å². The second-order valence-corrected chi connectivity index (χ2v) is 11.5. The van der Waals surface area contributed by atoms with Crippen molar-refractivity contribution in [2.45, 2.75) is 32.4 Å². The molecule has 3 aromatic carbocycles. The van der Waals surface area contributed by atoms with E-state index in [4.69, 9.17) is 12.2 Å². The lowest BCUT2D eigenvalue weighted by atomic mass is 9.96. The Bertz CT molecular complexity index is 1750. The Balaban J connectivity index is 1.32. The van der Waals surface area contributed by atoms with E-state index in [0.29, 0.717) is 18.1 Å². The lowest BCUT2D eigenvalue weighted by Gasteiger charge is -2.28. The van der Waals surface area contributed by atoms with Gasteiger partial charge >= 0.3 is 0 Å². The Morgan fingerprint density at radius 2 is 1.76 bits per heavy atom. The van der Waals surface area contributed by atoms with Crippen LogP contribution in [0, 0.1) is 13.8 Å². The predicted octanol–water partition coefficient (Wildman–Crippen LogP) is 7.41. The summed E-state index contributed by atoms with van der Waals surface area (Å²) in [5, 5.41) is 9.37. The Hall–Kier alpha value is -4.01. The van der Waals surface area contributed by atoms with Gasteiger partial charge in [-0.2, -0.15) is 0 Å². The number of fused-ring (bicyclic) bond motifs is 1. The minimum atomic E-state index is -0.155. The summed E-state index contributed by atoms with van der Waals surface area (Å²) < 4.78 is 3.29. The first-order valence-electron chi connectivity index (χ1n) is 13.6. The van der Waals surface area contributed by atoms with Crippen LogP contribution in [-0.4, -0.2) is 32.0 Å². The van der Waals surface area contributed by atoms with Crippen LogP contribution < -0.4 is 10.6 Å². The lowest BCUT2D eigenvalue weighted by molar-refractivity contribution is -0.116. The van der Waals surface area contributed by atoms with Crippen molar-refractivity contribution in [3.63, 3.8) is 0 Å². The van der Waals surface area contributed by atoms with Gasteiger partial charge in [-0.3, -0.25) is 9.78 Å². The van der Waals surface area contributed by atoms with Crippen LogP contribution >= 0.6 is 28.1 Å². The molecular formula is C33H30BrN5OS. The normalized spacial score (nSPS) is 16.7. The van der Waals surface area contributed by atoms with Crippen molar-refractivity contribution in [2.75, 3.05) is 11.9 Å². The van der Waals surface area contributed by atoms with Crippen molar-refractivity contribution in [3.8, 4) is 5.69 Å². The van der Waals surface area contributed by atoms with Gasteiger partial charge in [0.1, 0.15) is 0 Å². The molecule has 0 saturated carbocycles. The summed E-state index contributed by atoms with van der Waals surface area (Å²) in [6, 6.07) is 30.1. The number of hydrogen-bond acceptors (Lipinski definition) is 3. The monoisotopic (exact) mass is 623 g/mol. The average Bonchev–Trinajstić information content (AvgIpc) is 3.47. The fourth-order valence-electron chi connectivity index (χ4n) is 5.84. The van der Waals surface area contributed by atoms with Crippen molar-refractivity contribution >= 4 is 55.6 Å². The first-order valence-corrected chi connectivity index (χ1v) is 14.8. The Kier molecular flexibility index (Phi) is 7.60. The summed E-state index contributed by atoms with van der Waals surface area (Å²) in [5.74, 6) is -0.0529. The number of benzene rings is 3. The van der Waals surface area contributed by atoms with Crippen LogP contribution in [0.2, 0.25) is 0 Å². The molecule has 0 radical (unpaired) electrons. The molecule has 41 heavy (non-hydrogen) atoms. The zero-order valence-electron chi connectivity index (χ0n) is 22.8. The van der Waals surface area contributed by atoms with E-state index in [9.17, 15) is 4.79 Å². The number of aryl methyl sites for hydroxylation is 1. The molecule has 206 valence electrons. The van der Waals surface area contributed by atoms with E-state index in [1.807, 2.05) is 79.0 Å².